The summed E-state index contributed by atoms with van der Waals surface area (Å²) in [5.74, 6) is -2.53. The van der Waals surface area contributed by atoms with Crippen LogP contribution in [0, 0.1) is 18.7 Å². The van der Waals surface area contributed by atoms with E-state index < -0.39 is 39.0 Å². The van der Waals surface area contributed by atoms with Crippen LogP contribution in [0.15, 0.2) is 88.7 Å². The molecule has 0 amide bonds. The van der Waals surface area contributed by atoms with Gasteiger partial charge in [0.05, 0.1) is 16.9 Å². The Bertz CT molecular complexity index is 1230. The number of nitrogens with zero attached hydrogens (tertiary/aromatic N) is 1. The number of hydrogen-bond donors (Lipinski definition) is 1. The number of carboxylic acids is 1. The molecule has 1 aliphatic heterocycles. The number of sulfonamides is 1. The van der Waals surface area contributed by atoms with Crippen molar-refractivity contribution in [2.24, 2.45) is 5.92 Å². The summed E-state index contributed by atoms with van der Waals surface area (Å²) in [6, 6.07) is 21.0. The monoisotopic (exact) mass is 485 g/mol. The third kappa shape index (κ3) is 4.98. The number of carboxylic acid groups (broad SMARTS) is 1. The van der Waals surface area contributed by atoms with E-state index in [-0.39, 0.29) is 23.4 Å². The van der Waals surface area contributed by atoms with Gasteiger partial charge < -0.3 is 5.11 Å². The van der Waals surface area contributed by atoms with Gasteiger partial charge in [-0.3, -0.25) is 4.79 Å². The van der Waals surface area contributed by atoms with Crippen LogP contribution in [-0.2, 0) is 14.8 Å². The zero-order valence-electron chi connectivity index (χ0n) is 18.0. The highest BCUT2D eigenvalue weighted by Gasteiger charge is 2.46. The lowest BCUT2D eigenvalue weighted by Gasteiger charge is -2.41. The van der Waals surface area contributed by atoms with Crippen molar-refractivity contribution >= 4 is 27.8 Å². The maximum atomic E-state index is 14.9. The molecule has 172 valence electrons. The summed E-state index contributed by atoms with van der Waals surface area (Å²) in [7, 11) is -4.06. The molecule has 3 aromatic rings. The lowest BCUT2D eigenvalue weighted by molar-refractivity contribution is -0.143. The summed E-state index contributed by atoms with van der Waals surface area (Å²) in [5, 5.41) is 9.55. The number of halogens is 1. The molecule has 8 heteroatoms. The lowest BCUT2D eigenvalue weighted by atomic mass is 9.90. The standard InChI is InChI=1S/C25H24FNO4S2/c1-17-11-13-19(14-12-17)33(30,31)27-16-21(25(28)29)24(32-18-7-3-2-4-8-18)15-23(27)20-9-5-6-10-22(20)26/h2-14,21,23-24H,15-16H2,1H3,(H,28,29)/t21-,23+,24-/m1/s1. The first kappa shape index (κ1) is 23.5. The first-order valence-corrected chi connectivity index (χ1v) is 12.9. The third-order valence-corrected chi connectivity index (χ3v) is 9.13. The molecule has 0 radical (unpaired) electrons. The largest absolute Gasteiger partial charge is 0.481 e. The van der Waals surface area contributed by atoms with Crippen molar-refractivity contribution in [2.45, 2.75) is 34.4 Å². The summed E-state index contributed by atoms with van der Waals surface area (Å²) in [6.07, 6.45) is 0.169. The Morgan fingerprint density at radius 1 is 1.00 bits per heavy atom. The molecular formula is C25H24FNO4S2. The summed E-state index contributed by atoms with van der Waals surface area (Å²) in [6.45, 7) is 1.61. The van der Waals surface area contributed by atoms with Gasteiger partial charge in [0.2, 0.25) is 10.0 Å². The number of aliphatic carboxylic acids is 1. The van der Waals surface area contributed by atoms with Crippen LogP contribution in [0.5, 0.6) is 0 Å². The maximum absolute atomic E-state index is 14.9. The van der Waals surface area contributed by atoms with E-state index in [1.54, 1.807) is 30.3 Å². The van der Waals surface area contributed by atoms with Crippen LogP contribution in [-0.4, -0.2) is 35.6 Å². The van der Waals surface area contributed by atoms with Crippen LogP contribution in [0.4, 0.5) is 4.39 Å². The van der Waals surface area contributed by atoms with E-state index in [0.717, 1.165) is 14.8 Å². The smallest absolute Gasteiger partial charge is 0.308 e. The highest BCUT2D eigenvalue weighted by atomic mass is 32.2. The van der Waals surface area contributed by atoms with Crippen LogP contribution in [0.2, 0.25) is 0 Å². The molecule has 1 N–H and O–H groups in total. The summed E-state index contributed by atoms with van der Waals surface area (Å²) in [5.41, 5.74) is 1.15. The molecular weight excluding hydrogens is 461 g/mol. The van der Waals surface area contributed by atoms with Gasteiger partial charge >= 0.3 is 5.97 Å². The van der Waals surface area contributed by atoms with Gasteiger partial charge in [0.1, 0.15) is 5.82 Å². The van der Waals surface area contributed by atoms with Crippen LogP contribution >= 0.6 is 11.8 Å². The number of hydrogen-bond acceptors (Lipinski definition) is 4. The Kier molecular flexibility index (Phi) is 6.88. The van der Waals surface area contributed by atoms with Crippen LogP contribution < -0.4 is 0 Å². The molecule has 1 fully saturated rings. The molecule has 0 spiro atoms. The van der Waals surface area contributed by atoms with Crippen molar-refractivity contribution in [3.63, 3.8) is 0 Å². The van der Waals surface area contributed by atoms with Gasteiger partial charge in [0.15, 0.2) is 0 Å². The second-order valence-corrected chi connectivity index (χ2v) is 11.3. The highest BCUT2D eigenvalue weighted by Crippen LogP contribution is 2.44. The molecule has 1 aliphatic rings. The normalized spacial score (nSPS) is 21.6. The van der Waals surface area contributed by atoms with E-state index in [2.05, 4.69) is 0 Å². The Hall–Kier alpha value is -2.68. The predicted molar refractivity (Wildman–Crippen MR) is 126 cm³/mol. The highest BCUT2D eigenvalue weighted by molar-refractivity contribution is 8.00. The molecule has 3 aromatic carbocycles. The molecule has 0 aliphatic carbocycles. The fourth-order valence-corrected chi connectivity index (χ4v) is 7.07. The molecule has 0 saturated carbocycles. The number of thioether (sulfide) groups is 1. The minimum absolute atomic E-state index is 0.0627. The predicted octanol–water partition coefficient (Wildman–Crippen LogP) is 5.13. The number of rotatable bonds is 6. The van der Waals surface area contributed by atoms with Gasteiger partial charge in [-0.15, -0.1) is 11.8 Å². The van der Waals surface area contributed by atoms with Gasteiger partial charge in [-0.1, -0.05) is 54.1 Å². The minimum Gasteiger partial charge on any atom is -0.481 e. The summed E-state index contributed by atoms with van der Waals surface area (Å²) < 4.78 is 43.3. The molecule has 1 saturated heterocycles. The number of benzene rings is 3. The van der Waals surface area contributed by atoms with Crippen molar-refractivity contribution in [3.05, 3.63) is 95.8 Å². The van der Waals surface area contributed by atoms with Gasteiger partial charge in [-0.25, -0.2) is 12.8 Å². The maximum Gasteiger partial charge on any atom is 0.308 e. The fraction of sp³-hybridized carbons (Fsp3) is 0.240. The van der Waals surface area contributed by atoms with Crippen molar-refractivity contribution < 1.29 is 22.7 Å². The van der Waals surface area contributed by atoms with Gasteiger partial charge in [-0.2, -0.15) is 4.31 Å². The van der Waals surface area contributed by atoms with Gasteiger partial charge in [-0.05, 0) is 43.7 Å². The van der Waals surface area contributed by atoms with Crippen molar-refractivity contribution in [1.29, 1.82) is 0 Å². The van der Waals surface area contributed by atoms with Crippen molar-refractivity contribution in [3.8, 4) is 0 Å². The second-order valence-electron chi connectivity index (χ2n) is 8.07. The van der Waals surface area contributed by atoms with Crippen LogP contribution in [0.3, 0.4) is 0 Å². The SMILES string of the molecule is Cc1ccc(S(=O)(=O)N2C[C@@H](C(=O)O)[C@H](Sc3ccccc3)C[C@H]2c2ccccc2F)cc1. The topological polar surface area (TPSA) is 74.7 Å². The summed E-state index contributed by atoms with van der Waals surface area (Å²) in [4.78, 5) is 13.2. The Balaban J connectivity index is 1.78. The molecule has 0 bridgehead atoms. The number of piperidine rings is 1. The van der Waals surface area contributed by atoms with Crippen molar-refractivity contribution in [2.75, 3.05) is 6.54 Å². The van der Waals surface area contributed by atoms with E-state index in [4.69, 9.17) is 0 Å². The molecule has 0 aromatic heterocycles. The molecule has 1 heterocycles. The zero-order chi connectivity index (χ0) is 23.6. The Morgan fingerprint density at radius 2 is 1.64 bits per heavy atom. The molecule has 3 atom stereocenters. The third-order valence-electron chi connectivity index (χ3n) is 5.87. The summed E-state index contributed by atoms with van der Waals surface area (Å²) >= 11 is 1.39. The van der Waals surface area contributed by atoms with Gasteiger partial charge in [0.25, 0.3) is 0 Å². The van der Waals surface area contributed by atoms with E-state index in [1.165, 1.54) is 30.0 Å². The Morgan fingerprint density at radius 3 is 2.27 bits per heavy atom. The van der Waals surface area contributed by atoms with Crippen LogP contribution in [0.1, 0.15) is 23.6 Å². The van der Waals surface area contributed by atoms with E-state index in [0.29, 0.717) is 0 Å². The fourth-order valence-electron chi connectivity index (χ4n) is 4.12. The first-order chi connectivity index (χ1) is 15.8. The van der Waals surface area contributed by atoms with Crippen molar-refractivity contribution in [1.82, 2.24) is 4.31 Å². The Labute approximate surface area is 197 Å². The average Bonchev–Trinajstić information content (AvgIpc) is 2.80. The average molecular weight is 486 g/mol. The number of carbonyl (C=O) groups is 1. The molecule has 5 nitrogen and oxygen atoms in total. The minimum atomic E-state index is -4.06. The molecule has 4 rings (SSSR count). The lowest BCUT2D eigenvalue weighted by Crippen LogP contribution is -2.49. The number of aryl methyl sites for hydroxylation is 1. The zero-order valence-corrected chi connectivity index (χ0v) is 19.6. The molecule has 33 heavy (non-hydrogen) atoms. The van der Waals surface area contributed by atoms with E-state index >= 15 is 0 Å². The van der Waals surface area contributed by atoms with Gasteiger partial charge in [0, 0.05) is 22.3 Å². The second kappa shape index (κ2) is 9.67. The first-order valence-electron chi connectivity index (χ1n) is 10.5. The van der Waals surface area contributed by atoms with E-state index in [9.17, 15) is 22.7 Å². The quantitative estimate of drug-likeness (QED) is 0.524. The van der Waals surface area contributed by atoms with Crippen LogP contribution in [0.25, 0.3) is 0 Å². The van der Waals surface area contributed by atoms with E-state index in [1.807, 2.05) is 37.3 Å². The molecule has 0 unspecified atom stereocenters.